The average molecular weight is 293 g/mol. The monoisotopic (exact) mass is 293 g/mol. The maximum absolute atomic E-state index is 11.9. The molecule has 4 N–H and O–H groups in total. The van der Waals surface area contributed by atoms with E-state index < -0.39 is 11.2 Å². The molecule has 114 valence electrons. The van der Waals surface area contributed by atoms with Crippen molar-refractivity contribution in [3.05, 3.63) is 38.4 Å². The quantitative estimate of drug-likeness (QED) is 0.725. The Bertz CT molecular complexity index is 728. The molecule has 0 aliphatic carbocycles. The Kier molecular flexibility index (Phi) is 4.46. The molecule has 21 heavy (non-hydrogen) atoms. The molecule has 0 aliphatic rings. The van der Waals surface area contributed by atoms with E-state index in [0.717, 1.165) is 12.8 Å². The summed E-state index contributed by atoms with van der Waals surface area (Å²) in [5.41, 5.74) is 5.73. The smallest absolute Gasteiger partial charge is 0.330 e. The zero-order chi connectivity index (χ0) is 15.4. The lowest BCUT2D eigenvalue weighted by molar-refractivity contribution is 0.391. The average Bonchev–Trinajstić information content (AvgIpc) is 2.84. The van der Waals surface area contributed by atoms with Gasteiger partial charge in [0.2, 0.25) is 0 Å². The van der Waals surface area contributed by atoms with Gasteiger partial charge in [0, 0.05) is 12.6 Å². The molecule has 2 heterocycles. The minimum Gasteiger partial charge on any atom is -0.383 e. The van der Waals surface area contributed by atoms with Crippen molar-refractivity contribution >= 4 is 11.5 Å². The predicted octanol–water partition coefficient (Wildman–Crippen LogP) is 0.827. The van der Waals surface area contributed by atoms with Gasteiger partial charge in [-0.05, 0) is 13.3 Å². The van der Waals surface area contributed by atoms with Crippen molar-refractivity contribution in [2.45, 2.75) is 39.8 Å². The Hall–Kier alpha value is -2.51. The Morgan fingerprint density at radius 3 is 2.86 bits per heavy atom. The number of rotatable bonds is 6. The molecule has 2 rings (SSSR count). The van der Waals surface area contributed by atoms with Crippen LogP contribution in [0.2, 0.25) is 0 Å². The third kappa shape index (κ3) is 3.33. The first kappa shape index (κ1) is 14.9. The molecule has 0 atom stereocenters. The van der Waals surface area contributed by atoms with E-state index in [-0.39, 0.29) is 18.1 Å². The number of nitrogens with zero attached hydrogens (tertiary/aromatic N) is 2. The molecule has 8 nitrogen and oxygen atoms in total. The van der Waals surface area contributed by atoms with Gasteiger partial charge in [0.15, 0.2) is 0 Å². The van der Waals surface area contributed by atoms with E-state index in [1.54, 1.807) is 13.0 Å². The summed E-state index contributed by atoms with van der Waals surface area (Å²) in [7, 11) is 0. The van der Waals surface area contributed by atoms with Crippen molar-refractivity contribution in [2.75, 3.05) is 11.1 Å². The lowest BCUT2D eigenvalue weighted by atomic mass is 10.3. The fourth-order valence-corrected chi connectivity index (χ4v) is 1.98. The topological polar surface area (TPSA) is 119 Å². The van der Waals surface area contributed by atoms with E-state index in [2.05, 4.69) is 15.5 Å². The Morgan fingerprint density at radius 2 is 2.24 bits per heavy atom. The molecule has 0 spiro atoms. The van der Waals surface area contributed by atoms with Crippen LogP contribution in [-0.4, -0.2) is 14.7 Å². The summed E-state index contributed by atoms with van der Waals surface area (Å²) >= 11 is 0. The summed E-state index contributed by atoms with van der Waals surface area (Å²) in [5, 5.41) is 6.72. The fraction of sp³-hybridized carbons (Fsp3) is 0.462. The molecule has 0 aromatic carbocycles. The summed E-state index contributed by atoms with van der Waals surface area (Å²) < 4.78 is 6.31. The molecule has 0 unspecified atom stereocenters. The van der Waals surface area contributed by atoms with Crippen molar-refractivity contribution in [3.8, 4) is 0 Å². The van der Waals surface area contributed by atoms with Crippen LogP contribution in [0, 0.1) is 6.92 Å². The molecule has 2 aromatic rings. The summed E-state index contributed by atoms with van der Waals surface area (Å²) in [5.74, 6) is 0.819. The highest BCUT2D eigenvalue weighted by atomic mass is 16.5. The van der Waals surface area contributed by atoms with Crippen molar-refractivity contribution in [3.63, 3.8) is 0 Å². The Balaban J connectivity index is 2.26. The van der Waals surface area contributed by atoms with Gasteiger partial charge in [-0.25, -0.2) is 4.79 Å². The van der Waals surface area contributed by atoms with Crippen molar-refractivity contribution in [1.82, 2.24) is 14.7 Å². The molecule has 8 heteroatoms. The number of hydrogen-bond donors (Lipinski definition) is 3. The van der Waals surface area contributed by atoms with Crippen LogP contribution in [0.15, 0.2) is 20.2 Å². The number of nitrogens with one attached hydrogen (secondary N) is 2. The zero-order valence-corrected chi connectivity index (χ0v) is 12.1. The van der Waals surface area contributed by atoms with E-state index in [1.807, 2.05) is 6.92 Å². The Labute approximate surface area is 121 Å². The number of unbranched alkanes of at least 4 members (excludes halogenated alkanes) is 1. The van der Waals surface area contributed by atoms with Crippen molar-refractivity contribution < 1.29 is 4.52 Å². The van der Waals surface area contributed by atoms with Gasteiger partial charge in [0.25, 0.3) is 5.56 Å². The van der Waals surface area contributed by atoms with Gasteiger partial charge in [-0.3, -0.25) is 14.3 Å². The lowest BCUT2D eigenvalue weighted by Crippen LogP contribution is -2.34. The van der Waals surface area contributed by atoms with Crippen molar-refractivity contribution in [2.24, 2.45) is 0 Å². The summed E-state index contributed by atoms with van der Waals surface area (Å²) in [6.07, 6.45) is 1.73. The van der Waals surface area contributed by atoms with Gasteiger partial charge in [-0.15, -0.1) is 0 Å². The second kappa shape index (κ2) is 6.29. The van der Waals surface area contributed by atoms with Crippen LogP contribution in [0.3, 0.4) is 0 Å². The number of nitrogens with two attached hydrogens (primary N) is 1. The first-order valence-electron chi connectivity index (χ1n) is 6.81. The van der Waals surface area contributed by atoms with Crippen LogP contribution in [0.1, 0.15) is 31.2 Å². The lowest BCUT2D eigenvalue weighted by Gasteiger charge is -2.12. The SMILES string of the molecule is CCCCn1c(N)c(NCc2cc(C)on2)c(=O)[nH]c1=O. The molecule has 0 amide bonds. The standard InChI is InChI=1S/C13H19N5O3/c1-3-4-5-18-11(14)10(12(19)16-13(18)20)15-7-9-6-8(2)21-17-9/h6,15H,3-5,7,14H2,1-2H3,(H,16,19,20). The minimum absolute atomic E-state index is 0.136. The minimum atomic E-state index is -0.537. The molecule has 0 bridgehead atoms. The molecular formula is C13H19N5O3. The molecule has 0 radical (unpaired) electrons. The van der Waals surface area contributed by atoms with E-state index in [1.165, 1.54) is 4.57 Å². The second-order valence-electron chi connectivity index (χ2n) is 4.81. The predicted molar refractivity (Wildman–Crippen MR) is 79.2 cm³/mol. The van der Waals surface area contributed by atoms with Crippen LogP contribution < -0.4 is 22.3 Å². The van der Waals surface area contributed by atoms with Crippen LogP contribution in [0.25, 0.3) is 0 Å². The number of hydrogen-bond acceptors (Lipinski definition) is 6. The molecule has 0 aliphatic heterocycles. The zero-order valence-electron chi connectivity index (χ0n) is 12.1. The third-order valence-corrected chi connectivity index (χ3v) is 3.10. The number of H-pyrrole nitrogens is 1. The summed E-state index contributed by atoms with van der Waals surface area (Å²) in [4.78, 5) is 25.9. The van der Waals surface area contributed by atoms with Crippen LogP contribution >= 0.6 is 0 Å². The number of nitrogen functional groups attached to an aromatic ring is 1. The second-order valence-corrected chi connectivity index (χ2v) is 4.81. The summed E-state index contributed by atoms with van der Waals surface area (Å²) in [6, 6.07) is 1.75. The van der Waals surface area contributed by atoms with Crippen molar-refractivity contribution in [1.29, 1.82) is 0 Å². The van der Waals surface area contributed by atoms with Gasteiger partial charge in [-0.1, -0.05) is 18.5 Å². The molecule has 0 saturated carbocycles. The molecular weight excluding hydrogens is 274 g/mol. The van der Waals surface area contributed by atoms with E-state index in [9.17, 15) is 9.59 Å². The largest absolute Gasteiger partial charge is 0.383 e. The first-order valence-corrected chi connectivity index (χ1v) is 6.81. The van der Waals surface area contributed by atoms with Gasteiger partial charge in [0.05, 0.1) is 6.54 Å². The van der Waals surface area contributed by atoms with Crippen LogP contribution in [0.5, 0.6) is 0 Å². The number of anilines is 2. The van der Waals surface area contributed by atoms with Gasteiger partial charge < -0.3 is 15.6 Å². The number of aromatic nitrogens is 3. The van der Waals surface area contributed by atoms with Gasteiger partial charge in [0.1, 0.15) is 23.0 Å². The third-order valence-electron chi connectivity index (χ3n) is 3.10. The van der Waals surface area contributed by atoms with E-state index in [0.29, 0.717) is 18.0 Å². The van der Waals surface area contributed by atoms with Gasteiger partial charge in [-0.2, -0.15) is 0 Å². The van der Waals surface area contributed by atoms with Crippen LogP contribution in [0.4, 0.5) is 11.5 Å². The molecule has 2 aromatic heterocycles. The number of aromatic amines is 1. The highest BCUT2D eigenvalue weighted by molar-refractivity contribution is 5.60. The highest BCUT2D eigenvalue weighted by Crippen LogP contribution is 2.12. The van der Waals surface area contributed by atoms with Gasteiger partial charge >= 0.3 is 5.69 Å². The van der Waals surface area contributed by atoms with Crippen LogP contribution in [-0.2, 0) is 13.1 Å². The molecule has 0 fully saturated rings. The highest BCUT2D eigenvalue weighted by Gasteiger charge is 2.12. The Morgan fingerprint density at radius 1 is 1.48 bits per heavy atom. The molecule has 0 saturated heterocycles. The van der Waals surface area contributed by atoms with E-state index in [4.69, 9.17) is 10.3 Å². The fourth-order valence-electron chi connectivity index (χ4n) is 1.98. The normalized spacial score (nSPS) is 10.8. The van der Waals surface area contributed by atoms with E-state index >= 15 is 0 Å². The maximum atomic E-state index is 11.9. The first-order chi connectivity index (χ1) is 10.0. The summed E-state index contributed by atoms with van der Waals surface area (Å²) in [6.45, 7) is 4.55. The maximum Gasteiger partial charge on any atom is 0.330 e. The number of aryl methyl sites for hydroxylation is 1.